The first-order valence-corrected chi connectivity index (χ1v) is 8.58. The number of ether oxygens (including phenoxy) is 3. The van der Waals surface area contributed by atoms with E-state index in [1.165, 1.54) is 5.56 Å². The minimum Gasteiger partial charge on any atom is -0.453 e. The summed E-state index contributed by atoms with van der Waals surface area (Å²) in [7, 11) is 0. The summed E-state index contributed by atoms with van der Waals surface area (Å²) in [6, 6.07) is 19.3. The molecule has 2 saturated heterocycles. The number of rotatable bonds is 5. The molecule has 0 bridgehead atoms. The highest BCUT2D eigenvalue weighted by Crippen LogP contribution is 2.29. The SMILES string of the molecule is O=C(OC1COC2C(NCc3ccccc3)COC12)c1ccccc1. The average molecular weight is 339 g/mol. The molecule has 0 amide bonds. The Bertz CT molecular complexity index is 706. The fourth-order valence-corrected chi connectivity index (χ4v) is 3.36. The quantitative estimate of drug-likeness (QED) is 0.846. The number of nitrogens with one attached hydrogen (secondary N) is 1. The van der Waals surface area contributed by atoms with Gasteiger partial charge in [0, 0.05) is 6.54 Å². The van der Waals surface area contributed by atoms with Crippen LogP contribution in [0.25, 0.3) is 0 Å². The van der Waals surface area contributed by atoms with Crippen LogP contribution in [0.2, 0.25) is 0 Å². The summed E-state index contributed by atoms with van der Waals surface area (Å²) >= 11 is 0. The van der Waals surface area contributed by atoms with Gasteiger partial charge in [-0.3, -0.25) is 0 Å². The Morgan fingerprint density at radius 3 is 2.40 bits per heavy atom. The number of benzene rings is 2. The van der Waals surface area contributed by atoms with E-state index in [2.05, 4.69) is 17.4 Å². The van der Waals surface area contributed by atoms with Crippen molar-refractivity contribution in [3.63, 3.8) is 0 Å². The standard InChI is InChI=1S/C20H21NO4/c22-20(15-9-5-2-6-10-15)25-17-13-24-18-16(12-23-19(17)18)21-11-14-7-3-1-4-8-14/h1-10,16-19,21H,11-13H2. The molecule has 1 N–H and O–H groups in total. The summed E-state index contributed by atoms with van der Waals surface area (Å²) in [5.74, 6) is -0.334. The Morgan fingerprint density at radius 2 is 1.64 bits per heavy atom. The van der Waals surface area contributed by atoms with E-state index in [1.54, 1.807) is 12.1 Å². The lowest BCUT2D eigenvalue weighted by molar-refractivity contribution is -0.0154. The highest BCUT2D eigenvalue weighted by atomic mass is 16.6. The second-order valence-electron chi connectivity index (χ2n) is 6.38. The molecule has 4 atom stereocenters. The molecule has 4 rings (SSSR count). The van der Waals surface area contributed by atoms with Gasteiger partial charge in [0.2, 0.25) is 0 Å². The van der Waals surface area contributed by atoms with Crippen molar-refractivity contribution in [3.05, 3.63) is 71.8 Å². The first-order chi connectivity index (χ1) is 12.3. The normalized spacial score (nSPS) is 27.8. The molecular weight excluding hydrogens is 318 g/mol. The van der Waals surface area contributed by atoms with E-state index < -0.39 is 0 Å². The molecule has 2 aliphatic heterocycles. The monoisotopic (exact) mass is 339 g/mol. The van der Waals surface area contributed by atoms with Crippen LogP contribution in [0.5, 0.6) is 0 Å². The highest BCUT2D eigenvalue weighted by Gasteiger charge is 2.49. The second kappa shape index (κ2) is 7.35. The fourth-order valence-electron chi connectivity index (χ4n) is 3.36. The summed E-state index contributed by atoms with van der Waals surface area (Å²) in [4.78, 5) is 12.2. The van der Waals surface area contributed by atoms with Gasteiger partial charge in [-0.2, -0.15) is 0 Å². The lowest BCUT2D eigenvalue weighted by Crippen LogP contribution is -2.41. The summed E-state index contributed by atoms with van der Waals surface area (Å²) in [6.07, 6.45) is -0.653. The molecule has 4 unspecified atom stereocenters. The maximum Gasteiger partial charge on any atom is 0.338 e. The van der Waals surface area contributed by atoms with Crippen LogP contribution in [0.15, 0.2) is 60.7 Å². The zero-order chi connectivity index (χ0) is 17.1. The average Bonchev–Trinajstić information content (AvgIpc) is 3.25. The van der Waals surface area contributed by atoms with Gasteiger partial charge in [0.25, 0.3) is 0 Å². The first kappa shape index (κ1) is 16.3. The fraction of sp³-hybridized carbons (Fsp3) is 0.350. The van der Waals surface area contributed by atoms with Crippen LogP contribution in [0.4, 0.5) is 0 Å². The smallest absolute Gasteiger partial charge is 0.338 e. The molecule has 2 aromatic rings. The molecule has 130 valence electrons. The van der Waals surface area contributed by atoms with Gasteiger partial charge >= 0.3 is 5.97 Å². The third-order valence-corrected chi connectivity index (χ3v) is 4.69. The number of fused-ring (bicyclic) bond motifs is 1. The molecule has 25 heavy (non-hydrogen) atoms. The summed E-state index contributed by atoms with van der Waals surface area (Å²) in [5, 5.41) is 3.48. The van der Waals surface area contributed by atoms with E-state index in [0.29, 0.717) is 18.8 Å². The van der Waals surface area contributed by atoms with Gasteiger partial charge in [-0.25, -0.2) is 4.79 Å². The maximum atomic E-state index is 12.2. The summed E-state index contributed by atoms with van der Waals surface area (Å²) in [6.45, 7) is 1.69. The van der Waals surface area contributed by atoms with E-state index in [9.17, 15) is 4.79 Å². The molecule has 2 fully saturated rings. The van der Waals surface area contributed by atoms with Crippen LogP contribution in [-0.2, 0) is 20.8 Å². The predicted molar refractivity (Wildman–Crippen MR) is 92.2 cm³/mol. The van der Waals surface area contributed by atoms with E-state index in [-0.39, 0.29) is 30.3 Å². The summed E-state index contributed by atoms with van der Waals surface area (Å²) in [5.41, 5.74) is 1.76. The van der Waals surface area contributed by atoms with Crippen molar-refractivity contribution in [2.24, 2.45) is 0 Å². The second-order valence-corrected chi connectivity index (χ2v) is 6.38. The maximum absolute atomic E-state index is 12.2. The molecule has 2 aromatic carbocycles. The Kier molecular flexibility index (Phi) is 4.78. The Balaban J connectivity index is 1.33. The number of hydrogen-bond donors (Lipinski definition) is 1. The van der Waals surface area contributed by atoms with Gasteiger partial charge in [0.15, 0.2) is 6.10 Å². The Hall–Kier alpha value is -2.21. The van der Waals surface area contributed by atoms with Gasteiger partial charge < -0.3 is 19.5 Å². The third kappa shape index (κ3) is 3.58. The lowest BCUT2D eigenvalue weighted by atomic mass is 10.1. The number of esters is 1. The molecule has 0 aromatic heterocycles. The van der Waals surface area contributed by atoms with Gasteiger partial charge in [0.05, 0.1) is 24.8 Å². The highest BCUT2D eigenvalue weighted by molar-refractivity contribution is 5.89. The van der Waals surface area contributed by atoms with Crippen molar-refractivity contribution in [1.82, 2.24) is 5.32 Å². The van der Waals surface area contributed by atoms with Crippen molar-refractivity contribution in [1.29, 1.82) is 0 Å². The minimum atomic E-state index is -0.360. The third-order valence-electron chi connectivity index (χ3n) is 4.69. The summed E-state index contributed by atoms with van der Waals surface area (Å²) < 4.78 is 17.3. The van der Waals surface area contributed by atoms with Gasteiger partial charge in [-0.05, 0) is 17.7 Å². The molecule has 0 radical (unpaired) electrons. The zero-order valence-corrected chi connectivity index (χ0v) is 13.8. The van der Waals surface area contributed by atoms with E-state index in [0.717, 1.165) is 6.54 Å². The van der Waals surface area contributed by atoms with Crippen LogP contribution < -0.4 is 5.32 Å². The first-order valence-electron chi connectivity index (χ1n) is 8.58. The molecule has 2 aliphatic rings. The Labute approximate surface area is 146 Å². The number of hydrogen-bond acceptors (Lipinski definition) is 5. The molecule has 5 nitrogen and oxygen atoms in total. The number of carbonyl (C=O) groups excluding carboxylic acids is 1. The van der Waals surface area contributed by atoms with Crippen molar-refractivity contribution in [3.8, 4) is 0 Å². The van der Waals surface area contributed by atoms with Gasteiger partial charge in [-0.1, -0.05) is 48.5 Å². The van der Waals surface area contributed by atoms with Crippen molar-refractivity contribution >= 4 is 5.97 Å². The van der Waals surface area contributed by atoms with Crippen LogP contribution in [-0.4, -0.2) is 43.5 Å². The molecule has 0 spiro atoms. The molecular formula is C20H21NO4. The van der Waals surface area contributed by atoms with E-state index in [4.69, 9.17) is 14.2 Å². The zero-order valence-electron chi connectivity index (χ0n) is 13.8. The largest absolute Gasteiger partial charge is 0.453 e. The van der Waals surface area contributed by atoms with E-state index >= 15 is 0 Å². The van der Waals surface area contributed by atoms with Crippen LogP contribution in [0.1, 0.15) is 15.9 Å². The lowest BCUT2D eigenvalue weighted by Gasteiger charge is -2.18. The number of carbonyl (C=O) groups is 1. The molecule has 5 heteroatoms. The topological polar surface area (TPSA) is 56.8 Å². The minimum absolute atomic E-state index is 0.0858. The van der Waals surface area contributed by atoms with Gasteiger partial charge in [-0.15, -0.1) is 0 Å². The van der Waals surface area contributed by atoms with Crippen molar-refractivity contribution in [2.75, 3.05) is 13.2 Å². The molecule has 0 saturated carbocycles. The molecule has 0 aliphatic carbocycles. The van der Waals surface area contributed by atoms with Crippen molar-refractivity contribution in [2.45, 2.75) is 30.9 Å². The van der Waals surface area contributed by atoms with Crippen LogP contribution >= 0.6 is 0 Å². The predicted octanol–water partition coefficient (Wildman–Crippen LogP) is 2.17. The van der Waals surface area contributed by atoms with Gasteiger partial charge in [0.1, 0.15) is 12.2 Å². The van der Waals surface area contributed by atoms with Crippen molar-refractivity contribution < 1.29 is 19.0 Å². The van der Waals surface area contributed by atoms with Crippen LogP contribution in [0.3, 0.4) is 0 Å². The van der Waals surface area contributed by atoms with Crippen LogP contribution in [0, 0.1) is 0 Å². The van der Waals surface area contributed by atoms with E-state index in [1.807, 2.05) is 36.4 Å². The molecule has 2 heterocycles. The Morgan fingerprint density at radius 1 is 0.960 bits per heavy atom.